The Bertz CT molecular complexity index is 1200. The van der Waals surface area contributed by atoms with Crippen molar-refractivity contribution in [1.82, 2.24) is 10.9 Å². The summed E-state index contributed by atoms with van der Waals surface area (Å²) in [6.45, 7) is -0.640. The van der Waals surface area contributed by atoms with E-state index in [1.807, 2.05) is 0 Å². The van der Waals surface area contributed by atoms with Gasteiger partial charge >= 0.3 is 5.97 Å². The molecule has 2 aromatic carbocycles. The third-order valence-electron chi connectivity index (χ3n) is 7.02. The van der Waals surface area contributed by atoms with E-state index >= 15 is 0 Å². The molecule has 2 aliphatic carbocycles. The predicted octanol–water partition coefficient (Wildman–Crippen LogP) is 2.49. The van der Waals surface area contributed by atoms with E-state index in [0.717, 1.165) is 19.3 Å². The number of benzene rings is 2. The zero-order valence-corrected chi connectivity index (χ0v) is 19.3. The summed E-state index contributed by atoms with van der Waals surface area (Å²) >= 11 is 5.78. The highest BCUT2D eigenvalue weighted by molar-refractivity contribution is 6.30. The maximum absolute atomic E-state index is 13.0. The summed E-state index contributed by atoms with van der Waals surface area (Å²) in [5.41, 5.74) is 5.08. The number of esters is 1. The minimum Gasteiger partial charge on any atom is -0.452 e. The van der Waals surface area contributed by atoms with Crippen molar-refractivity contribution in [3.63, 3.8) is 0 Å². The standard InChI is InChI=1S/C25H22ClN3O6/c26-17-8-6-13(7-9-17)22(31)28-27-19(30)12-35-25(34)16-2-1-3-18(11-16)29-23(32)20-14-4-5-15(10-14)21(20)24(29)33/h1-3,6-9,11,14-15,20-21H,4-5,10,12H2,(H,27,30)(H,28,31)/t14-,15-,20-,21-/m0/s1. The van der Waals surface area contributed by atoms with Gasteiger partial charge in [0.05, 0.1) is 23.1 Å². The average Bonchev–Trinajstić information content (AvgIpc) is 3.55. The Labute approximate surface area is 205 Å². The second-order valence-corrected chi connectivity index (χ2v) is 9.47. The first kappa shape index (κ1) is 23.0. The van der Waals surface area contributed by atoms with Crippen LogP contribution in [-0.4, -0.2) is 36.2 Å². The molecule has 10 heteroatoms. The molecule has 0 radical (unpaired) electrons. The van der Waals surface area contributed by atoms with Gasteiger partial charge in [-0.2, -0.15) is 0 Å². The lowest BCUT2D eigenvalue weighted by Gasteiger charge is -2.19. The summed E-state index contributed by atoms with van der Waals surface area (Å²) in [7, 11) is 0. The number of nitrogens with zero attached hydrogens (tertiary/aromatic N) is 1. The number of fused-ring (bicyclic) bond motifs is 5. The normalized spacial score (nSPS) is 24.3. The SMILES string of the molecule is O=C(COC(=O)c1cccc(N2C(=O)[C@H]3[C@H]4CC[C@@H](C4)[C@@H]3C2=O)c1)NNC(=O)c1ccc(Cl)cc1. The van der Waals surface area contributed by atoms with Crippen LogP contribution in [0.3, 0.4) is 0 Å². The first-order chi connectivity index (χ1) is 16.8. The van der Waals surface area contributed by atoms with Crippen LogP contribution in [0.25, 0.3) is 0 Å². The molecule has 2 saturated carbocycles. The number of hydrogen-bond acceptors (Lipinski definition) is 6. The van der Waals surface area contributed by atoms with Gasteiger partial charge in [-0.1, -0.05) is 17.7 Å². The lowest BCUT2D eigenvalue weighted by molar-refractivity contribution is -0.125. The Kier molecular flexibility index (Phi) is 6.02. The molecule has 1 saturated heterocycles. The van der Waals surface area contributed by atoms with Gasteiger partial charge in [0.15, 0.2) is 6.61 Å². The fourth-order valence-electron chi connectivity index (χ4n) is 5.49. The van der Waals surface area contributed by atoms with Crippen molar-refractivity contribution in [2.24, 2.45) is 23.7 Å². The minimum absolute atomic E-state index is 0.0983. The summed E-state index contributed by atoms with van der Waals surface area (Å²) in [5.74, 6) is -2.51. The van der Waals surface area contributed by atoms with Crippen molar-refractivity contribution in [2.45, 2.75) is 19.3 Å². The quantitative estimate of drug-likeness (QED) is 0.373. The number of hydrazine groups is 1. The molecule has 9 nitrogen and oxygen atoms in total. The van der Waals surface area contributed by atoms with E-state index in [9.17, 15) is 24.0 Å². The summed E-state index contributed by atoms with van der Waals surface area (Å²) < 4.78 is 5.03. The number of hydrogen-bond donors (Lipinski definition) is 2. The Morgan fingerprint density at radius 2 is 1.57 bits per heavy atom. The van der Waals surface area contributed by atoms with Crippen LogP contribution in [0.1, 0.15) is 40.0 Å². The summed E-state index contributed by atoms with van der Waals surface area (Å²) in [6.07, 6.45) is 2.90. The van der Waals surface area contributed by atoms with Crippen molar-refractivity contribution in [1.29, 1.82) is 0 Å². The summed E-state index contributed by atoms with van der Waals surface area (Å²) in [4.78, 5) is 63.7. The van der Waals surface area contributed by atoms with Crippen LogP contribution in [0.15, 0.2) is 48.5 Å². The Hall–Kier alpha value is -3.72. The molecule has 0 aromatic heterocycles. The number of rotatable bonds is 5. The topological polar surface area (TPSA) is 122 Å². The Morgan fingerprint density at radius 1 is 0.914 bits per heavy atom. The predicted molar refractivity (Wildman–Crippen MR) is 124 cm³/mol. The smallest absolute Gasteiger partial charge is 0.338 e. The van der Waals surface area contributed by atoms with E-state index in [1.165, 1.54) is 41.3 Å². The molecule has 4 amide bonds. The van der Waals surface area contributed by atoms with Gasteiger partial charge in [0.25, 0.3) is 11.8 Å². The lowest BCUT2D eigenvalue weighted by atomic mass is 9.81. The fraction of sp³-hybridized carbons (Fsp3) is 0.320. The van der Waals surface area contributed by atoms with Gasteiger partial charge in [-0.25, -0.2) is 4.79 Å². The lowest BCUT2D eigenvalue weighted by Crippen LogP contribution is -2.43. The molecule has 2 bridgehead atoms. The van der Waals surface area contributed by atoms with E-state index < -0.39 is 24.4 Å². The zero-order valence-electron chi connectivity index (χ0n) is 18.5. The van der Waals surface area contributed by atoms with Gasteiger partial charge < -0.3 is 4.74 Å². The Balaban J connectivity index is 1.17. The van der Waals surface area contributed by atoms with Gasteiger partial charge in [-0.15, -0.1) is 0 Å². The number of carbonyl (C=O) groups is 5. The first-order valence-corrected chi connectivity index (χ1v) is 11.7. The van der Waals surface area contributed by atoms with E-state index in [1.54, 1.807) is 12.1 Å². The van der Waals surface area contributed by atoms with Crippen LogP contribution >= 0.6 is 11.6 Å². The van der Waals surface area contributed by atoms with Crippen molar-refractivity contribution in [3.05, 3.63) is 64.7 Å². The van der Waals surface area contributed by atoms with Gasteiger partial charge in [0.2, 0.25) is 11.8 Å². The molecule has 4 atom stereocenters. The molecule has 5 rings (SSSR count). The Morgan fingerprint density at radius 3 is 2.23 bits per heavy atom. The van der Waals surface area contributed by atoms with Crippen LogP contribution in [0.4, 0.5) is 5.69 Å². The second kappa shape index (κ2) is 9.14. The van der Waals surface area contributed by atoms with Crippen molar-refractivity contribution in [2.75, 3.05) is 11.5 Å². The zero-order chi connectivity index (χ0) is 24.7. The molecular formula is C25H22ClN3O6. The van der Waals surface area contributed by atoms with E-state index in [2.05, 4.69) is 10.9 Å². The number of ether oxygens (including phenoxy) is 1. The van der Waals surface area contributed by atoms with E-state index in [4.69, 9.17) is 16.3 Å². The number of halogens is 1. The molecule has 3 fully saturated rings. The average molecular weight is 496 g/mol. The van der Waals surface area contributed by atoms with Crippen LogP contribution in [-0.2, 0) is 19.1 Å². The fourth-order valence-corrected chi connectivity index (χ4v) is 5.61. The third kappa shape index (κ3) is 4.27. The largest absolute Gasteiger partial charge is 0.452 e. The van der Waals surface area contributed by atoms with Gasteiger partial charge in [-0.3, -0.25) is 34.9 Å². The second-order valence-electron chi connectivity index (χ2n) is 9.03. The molecule has 35 heavy (non-hydrogen) atoms. The van der Waals surface area contributed by atoms with Crippen LogP contribution in [0.2, 0.25) is 5.02 Å². The van der Waals surface area contributed by atoms with Crippen LogP contribution in [0, 0.1) is 23.7 Å². The van der Waals surface area contributed by atoms with E-state index in [0.29, 0.717) is 10.7 Å². The maximum Gasteiger partial charge on any atom is 0.338 e. The molecular weight excluding hydrogens is 474 g/mol. The minimum atomic E-state index is -0.801. The van der Waals surface area contributed by atoms with Crippen LogP contribution < -0.4 is 15.8 Å². The number of nitrogens with one attached hydrogen (secondary N) is 2. The number of anilines is 1. The molecule has 0 unspecified atom stereocenters. The molecule has 1 heterocycles. The van der Waals surface area contributed by atoms with E-state index in [-0.39, 0.29) is 46.6 Å². The molecule has 2 aromatic rings. The number of amides is 4. The summed E-state index contributed by atoms with van der Waals surface area (Å²) in [6, 6.07) is 12.1. The molecule has 3 aliphatic rings. The highest BCUT2D eigenvalue weighted by Crippen LogP contribution is 2.56. The third-order valence-corrected chi connectivity index (χ3v) is 7.28. The van der Waals surface area contributed by atoms with Crippen molar-refractivity contribution < 1.29 is 28.7 Å². The van der Waals surface area contributed by atoms with Crippen molar-refractivity contribution >= 4 is 46.9 Å². The maximum atomic E-state index is 13.0. The first-order valence-electron chi connectivity index (χ1n) is 11.3. The number of imide groups is 1. The molecule has 180 valence electrons. The highest BCUT2D eigenvalue weighted by atomic mass is 35.5. The van der Waals surface area contributed by atoms with Crippen LogP contribution in [0.5, 0.6) is 0 Å². The van der Waals surface area contributed by atoms with Gasteiger partial charge in [-0.05, 0) is 73.6 Å². The molecule has 2 N–H and O–H groups in total. The molecule has 0 spiro atoms. The number of carbonyl (C=O) groups excluding carboxylic acids is 5. The van der Waals surface area contributed by atoms with Crippen molar-refractivity contribution in [3.8, 4) is 0 Å². The summed E-state index contributed by atoms with van der Waals surface area (Å²) in [5, 5.41) is 0.468. The van der Waals surface area contributed by atoms with Gasteiger partial charge in [0.1, 0.15) is 0 Å². The highest BCUT2D eigenvalue weighted by Gasteiger charge is 2.61. The monoisotopic (exact) mass is 495 g/mol. The molecule has 1 aliphatic heterocycles. The van der Waals surface area contributed by atoms with Gasteiger partial charge in [0, 0.05) is 10.6 Å².